The summed E-state index contributed by atoms with van der Waals surface area (Å²) in [5.41, 5.74) is -0.0117. The number of ether oxygens (including phenoxy) is 2. The first-order valence-corrected chi connectivity index (χ1v) is 30.5. The molecule has 0 spiro atoms. The summed E-state index contributed by atoms with van der Waals surface area (Å²) in [7, 11) is 14.6. The third kappa shape index (κ3) is 34.1. The van der Waals surface area contributed by atoms with Crippen LogP contribution in [0.4, 0.5) is 0 Å². The number of hydrogen-bond donors (Lipinski definition) is 7. The van der Waals surface area contributed by atoms with Crippen molar-refractivity contribution in [3.05, 3.63) is 0 Å². The van der Waals surface area contributed by atoms with Crippen molar-refractivity contribution in [2.75, 3.05) is 148 Å². The van der Waals surface area contributed by atoms with E-state index in [0.717, 1.165) is 90.8 Å². The first-order valence-electron chi connectivity index (χ1n) is 30.5. The van der Waals surface area contributed by atoms with Crippen LogP contribution >= 0.6 is 0 Å². The topological polar surface area (TPSA) is 217 Å². The molecule has 7 fully saturated rings. The second-order valence-electron chi connectivity index (χ2n) is 25.4. The molecule has 18 nitrogen and oxygen atoms in total. The highest BCUT2D eigenvalue weighted by molar-refractivity contribution is 5.66. The number of carbonyl (C=O) groups excluding carboxylic acids is 2. The van der Waals surface area contributed by atoms with Gasteiger partial charge in [-0.05, 0) is 224 Å². The lowest BCUT2D eigenvalue weighted by Gasteiger charge is -2.34. The second kappa shape index (κ2) is 41.4. The molecule has 0 aromatic carbocycles. The number of likely N-dealkylation sites (N-methyl/N-ethyl adjacent to an activating group) is 3. The molecule has 7 rings (SSSR count). The molecular weight excluding hydrogens is 995 g/mol. The maximum absolute atomic E-state index is 10.7. The maximum Gasteiger partial charge on any atom is 0.303 e. The number of esters is 2. The van der Waals surface area contributed by atoms with Crippen LogP contribution in [0.25, 0.3) is 0 Å². The average molecular weight is 1120 g/mol. The van der Waals surface area contributed by atoms with Crippen molar-refractivity contribution < 1.29 is 54.8 Å². The zero-order valence-electron chi connectivity index (χ0n) is 52.1. The molecule has 464 valence electrons. The Morgan fingerprint density at radius 3 is 1.58 bits per heavy atom. The third-order valence-electron chi connectivity index (χ3n) is 17.1. The lowest BCUT2D eigenvalue weighted by atomic mass is 9.81. The van der Waals surface area contributed by atoms with Crippen LogP contribution in [0.2, 0.25) is 0 Å². The van der Waals surface area contributed by atoms with Crippen molar-refractivity contribution in [2.45, 2.75) is 212 Å². The van der Waals surface area contributed by atoms with Gasteiger partial charge in [0, 0.05) is 70.7 Å². The molecule has 7 aliphatic rings. The molecule has 18 heteroatoms. The van der Waals surface area contributed by atoms with Crippen LogP contribution in [0, 0.1) is 17.3 Å². The van der Waals surface area contributed by atoms with Crippen LogP contribution in [0.15, 0.2) is 0 Å². The monoisotopic (exact) mass is 1120 g/mol. The smallest absolute Gasteiger partial charge is 0.303 e. The zero-order chi connectivity index (χ0) is 58.8. The highest BCUT2D eigenvalue weighted by Crippen LogP contribution is 2.30. The van der Waals surface area contributed by atoms with E-state index >= 15 is 0 Å². The van der Waals surface area contributed by atoms with Crippen LogP contribution in [0.1, 0.15) is 164 Å². The van der Waals surface area contributed by atoms with Crippen LogP contribution in [-0.2, 0) is 19.1 Å². The Morgan fingerprint density at radius 2 is 1.00 bits per heavy atom. The summed E-state index contributed by atoms with van der Waals surface area (Å²) in [6.07, 6.45) is 19.3. The predicted octanol–water partition coefficient (Wildman–Crippen LogP) is 4.62. The Kier molecular flexibility index (Phi) is 39.5. The Morgan fingerprint density at radius 1 is 0.500 bits per heavy atom. The van der Waals surface area contributed by atoms with Gasteiger partial charge in [0.05, 0.1) is 31.0 Å². The van der Waals surface area contributed by atoms with Crippen LogP contribution < -0.4 is 0 Å². The van der Waals surface area contributed by atoms with E-state index in [1.807, 2.05) is 32.8 Å². The molecule has 7 N–H and O–H groups in total. The zero-order valence-corrected chi connectivity index (χ0v) is 52.1. The van der Waals surface area contributed by atoms with E-state index in [4.69, 9.17) is 19.7 Å². The molecule has 7 aliphatic heterocycles. The van der Waals surface area contributed by atoms with E-state index in [1.165, 1.54) is 111 Å². The lowest BCUT2D eigenvalue weighted by Crippen LogP contribution is -2.42. The fraction of sp³-hybridized carbons (Fsp3) is 0.967. The molecule has 10 atom stereocenters. The largest absolute Gasteiger partial charge is 0.460 e. The number of aliphatic hydroxyl groups is 7. The first-order chi connectivity index (χ1) is 36.7. The third-order valence-corrected chi connectivity index (χ3v) is 17.1. The Bertz CT molecular complexity index is 1510. The van der Waals surface area contributed by atoms with Gasteiger partial charge in [0.25, 0.3) is 0 Å². The molecule has 0 radical (unpaired) electrons. The van der Waals surface area contributed by atoms with E-state index in [2.05, 4.69) is 78.5 Å². The Balaban J connectivity index is 0.000000457. The van der Waals surface area contributed by atoms with E-state index in [0.29, 0.717) is 38.0 Å². The van der Waals surface area contributed by atoms with E-state index in [1.54, 1.807) is 0 Å². The minimum atomic E-state index is -0.545. The van der Waals surface area contributed by atoms with E-state index in [9.17, 15) is 35.1 Å². The summed E-state index contributed by atoms with van der Waals surface area (Å²) in [5, 5.41) is 65.9. The maximum atomic E-state index is 10.7. The summed E-state index contributed by atoms with van der Waals surface area (Å²) in [4.78, 5) is 37.1. The van der Waals surface area contributed by atoms with Crippen molar-refractivity contribution in [1.29, 1.82) is 0 Å². The van der Waals surface area contributed by atoms with Gasteiger partial charge in [0.15, 0.2) is 0 Å². The van der Waals surface area contributed by atoms with Gasteiger partial charge in [-0.3, -0.25) is 14.5 Å². The highest BCUT2D eigenvalue weighted by atomic mass is 16.6. The Hall–Kier alpha value is -1.62. The summed E-state index contributed by atoms with van der Waals surface area (Å²) in [6, 6.07) is 0. The number of nitrogens with zero attached hydrogens (tertiary/aromatic N) is 7. The first kappa shape index (κ1) is 74.4. The number of likely N-dealkylation sites (tertiary alicyclic amines) is 7. The summed E-state index contributed by atoms with van der Waals surface area (Å²) < 4.78 is 10.0. The normalized spacial score (nSPS) is 31.9. The molecule has 0 amide bonds. The number of carbonyl (C=O) groups is 2. The van der Waals surface area contributed by atoms with Gasteiger partial charge in [-0.25, -0.2) is 0 Å². The van der Waals surface area contributed by atoms with Crippen LogP contribution in [0.3, 0.4) is 0 Å². The SMILES string of the molecule is CC(=O)OC1CCCN(C)CC1O.CC(=O)OC1CN(C)CCCC1O.CC(O)C1CCCCN(C)C1.CN1CC(O)CCCC1(C)C.CN1CCC(O)C(C)(CO)CC1.CN1CCCCC(CO)C1.CN1CCCCCC1. The molecule has 7 heterocycles. The van der Waals surface area contributed by atoms with Crippen molar-refractivity contribution in [3.8, 4) is 0 Å². The van der Waals surface area contributed by atoms with Gasteiger partial charge in [-0.15, -0.1) is 0 Å². The van der Waals surface area contributed by atoms with E-state index in [-0.39, 0.29) is 60.0 Å². The molecule has 0 aromatic rings. The molecule has 0 aromatic heterocycles. The van der Waals surface area contributed by atoms with Crippen molar-refractivity contribution in [3.63, 3.8) is 0 Å². The van der Waals surface area contributed by atoms with Gasteiger partial charge in [0.1, 0.15) is 18.3 Å². The van der Waals surface area contributed by atoms with Crippen molar-refractivity contribution in [1.82, 2.24) is 34.3 Å². The van der Waals surface area contributed by atoms with E-state index < -0.39 is 12.2 Å². The van der Waals surface area contributed by atoms with Crippen LogP contribution in [-0.4, -0.2) is 278 Å². The molecule has 0 bridgehead atoms. The molecule has 78 heavy (non-hydrogen) atoms. The summed E-state index contributed by atoms with van der Waals surface area (Å²) in [6.45, 7) is 24.6. The fourth-order valence-corrected chi connectivity index (χ4v) is 11.0. The quantitative estimate of drug-likeness (QED) is 0.187. The highest BCUT2D eigenvalue weighted by Gasteiger charge is 2.35. The summed E-state index contributed by atoms with van der Waals surface area (Å²) >= 11 is 0. The van der Waals surface area contributed by atoms with Gasteiger partial charge < -0.3 is 74.6 Å². The minimum Gasteiger partial charge on any atom is -0.460 e. The number of hydrogen-bond acceptors (Lipinski definition) is 18. The van der Waals surface area contributed by atoms with Crippen molar-refractivity contribution in [2.24, 2.45) is 17.3 Å². The van der Waals surface area contributed by atoms with Gasteiger partial charge in [-0.1, -0.05) is 32.6 Å². The predicted molar refractivity (Wildman–Crippen MR) is 315 cm³/mol. The number of rotatable bonds is 5. The number of aliphatic hydroxyl groups excluding tert-OH is 7. The van der Waals surface area contributed by atoms with Gasteiger partial charge >= 0.3 is 11.9 Å². The minimum absolute atomic E-state index is 0.0853. The number of β-amino-alcohol motifs (C(OH)–C–C–N with tert-alkyl or cyclic N) is 2. The lowest BCUT2D eigenvalue weighted by molar-refractivity contribution is -0.153. The van der Waals surface area contributed by atoms with Crippen molar-refractivity contribution >= 4 is 11.9 Å². The average Bonchev–Trinajstić information content (AvgIpc) is 4.01. The Labute approximate surface area is 476 Å². The standard InChI is InChI=1S/2C9H17NO3.C9H19NO2.2C9H19NO.C8H17NO.C7H15N/c1-7(11)13-9-4-3-5-10(2)6-8(9)12;1-7(11)13-9-6-10(2)5-3-4-8(9)12;1-9(7-11)4-6-10(2)5-3-8(9)12;1-9(2)6-4-5-8(11)7-10(9)3;1-8(11)9-5-3-4-6-10(2)7-9;1-9-5-3-2-4-8(6-9)7-10;1-8-6-4-2-3-5-7-8/h2*8-9,12H,3-6H2,1-2H3;8,11-12H,3-7H2,1-2H3;8,11H,4-7H2,1-3H3;8-9,11H,3-7H2,1-2H3;8,10H,2-7H2,1H3;2-7H2,1H3. The fourth-order valence-electron chi connectivity index (χ4n) is 11.0. The summed E-state index contributed by atoms with van der Waals surface area (Å²) in [5.74, 6) is 0.406. The van der Waals surface area contributed by atoms with Crippen LogP contribution in [0.5, 0.6) is 0 Å². The molecule has 0 aliphatic carbocycles. The molecule has 0 saturated carbocycles. The molecule has 7 saturated heterocycles. The molecule has 10 unspecified atom stereocenters. The second-order valence-corrected chi connectivity index (χ2v) is 25.4. The van der Waals surface area contributed by atoms with Gasteiger partial charge in [0.2, 0.25) is 0 Å². The van der Waals surface area contributed by atoms with Gasteiger partial charge in [-0.2, -0.15) is 0 Å². The molecular formula is C60H123N7O11.